The number of allylic oxidation sites excluding steroid dienone is 1. The average Bonchev–Trinajstić information content (AvgIpc) is 3.10. The summed E-state index contributed by atoms with van der Waals surface area (Å²) in [6.07, 6.45) is 5.01. The van der Waals surface area contributed by atoms with E-state index in [0.717, 1.165) is 28.3 Å². The lowest BCUT2D eigenvalue weighted by molar-refractivity contribution is -0.133. The van der Waals surface area contributed by atoms with E-state index in [9.17, 15) is 19.8 Å². The lowest BCUT2D eigenvalue weighted by atomic mass is 9.95. The first-order chi connectivity index (χ1) is 13.3. The predicted molar refractivity (Wildman–Crippen MR) is 108 cm³/mol. The van der Waals surface area contributed by atoms with E-state index in [-0.39, 0.29) is 17.6 Å². The van der Waals surface area contributed by atoms with Gasteiger partial charge in [-0.3, -0.25) is 4.79 Å². The van der Waals surface area contributed by atoms with Crippen LogP contribution in [0.4, 0.5) is 0 Å². The van der Waals surface area contributed by atoms with E-state index in [1.165, 1.54) is 17.4 Å². The molecule has 6 nitrogen and oxygen atoms in total. The Kier molecular flexibility index (Phi) is 6.36. The second-order valence-electron chi connectivity index (χ2n) is 6.86. The Labute approximate surface area is 171 Å². The summed E-state index contributed by atoms with van der Waals surface area (Å²) in [5.74, 6) is -1.38. The third kappa shape index (κ3) is 4.72. The number of aliphatic carboxylic acids is 1. The molecule has 1 aromatic carbocycles. The van der Waals surface area contributed by atoms with Crippen LogP contribution in [0.2, 0.25) is 5.02 Å². The second kappa shape index (κ2) is 8.75. The molecule has 1 aromatic heterocycles. The molecule has 3 N–H and O–H groups in total. The van der Waals surface area contributed by atoms with E-state index in [0.29, 0.717) is 35.6 Å². The van der Waals surface area contributed by atoms with Crippen LogP contribution < -0.4 is 5.32 Å². The topological polar surface area (TPSA) is 99.5 Å². The smallest absolute Gasteiger partial charge is 0.333 e. The number of hydrogen-bond donors (Lipinski definition) is 3. The molecular weight excluding hydrogens is 400 g/mol. The molecule has 0 aliphatic heterocycles. The van der Waals surface area contributed by atoms with E-state index in [1.54, 1.807) is 18.3 Å². The Morgan fingerprint density at radius 3 is 2.79 bits per heavy atom. The lowest BCUT2D eigenvalue weighted by Crippen LogP contribution is -2.32. The molecule has 148 valence electrons. The maximum Gasteiger partial charge on any atom is 0.333 e. The number of carbonyl (C=O) groups excluding carboxylic acids is 1. The summed E-state index contributed by atoms with van der Waals surface area (Å²) in [5, 5.41) is 22.7. The highest BCUT2D eigenvalue weighted by atomic mass is 35.5. The lowest BCUT2D eigenvalue weighted by Gasteiger charge is -2.20. The molecule has 0 radical (unpaired) electrons. The minimum Gasteiger partial charge on any atom is -0.508 e. The molecule has 1 aliphatic rings. The summed E-state index contributed by atoms with van der Waals surface area (Å²) in [7, 11) is 0. The van der Waals surface area contributed by atoms with E-state index in [2.05, 4.69) is 10.3 Å². The average molecular weight is 421 g/mol. The quantitative estimate of drug-likeness (QED) is 0.644. The van der Waals surface area contributed by atoms with Crippen molar-refractivity contribution < 1.29 is 19.8 Å². The molecule has 0 spiro atoms. The highest BCUT2D eigenvalue weighted by Crippen LogP contribution is 2.34. The van der Waals surface area contributed by atoms with Crippen molar-refractivity contribution in [2.24, 2.45) is 5.92 Å². The van der Waals surface area contributed by atoms with Crippen LogP contribution in [0, 0.1) is 5.92 Å². The minimum atomic E-state index is -0.958. The van der Waals surface area contributed by atoms with Crippen LogP contribution in [-0.2, 0) is 16.0 Å². The molecule has 0 saturated carbocycles. The number of phenolic OH excluding ortho intramolecular Hbond substituents is 1. The Hall–Kier alpha value is -2.38. The van der Waals surface area contributed by atoms with Crippen LogP contribution in [0.1, 0.15) is 37.5 Å². The van der Waals surface area contributed by atoms with Crippen molar-refractivity contribution in [2.75, 3.05) is 0 Å². The summed E-state index contributed by atoms with van der Waals surface area (Å²) in [6.45, 7) is 1.81. The number of amides is 1. The number of rotatable bonds is 6. The molecule has 1 unspecified atom stereocenters. The van der Waals surface area contributed by atoms with Crippen molar-refractivity contribution in [3.63, 3.8) is 0 Å². The van der Waals surface area contributed by atoms with Crippen molar-refractivity contribution in [3.8, 4) is 16.3 Å². The van der Waals surface area contributed by atoms with Gasteiger partial charge in [0.15, 0.2) is 0 Å². The minimum absolute atomic E-state index is 0.0913. The Balaban J connectivity index is 1.68. The van der Waals surface area contributed by atoms with Crippen LogP contribution in [0.3, 0.4) is 0 Å². The van der Waals surface area contributed by atoms with Gasteiger partial charge in [0.2, 0.25) is 5.91 Å². The molecule has 0 fully saturated rings. The van der Waals surface area contributed by atoms with Gasteiger partial charge in [0.05, 0.1) is 10.6 Å². The van der Waals surface area contributed by atoms with E-state index >= 15 is 0 Å². The number of carboxylic acids is 1. The number of phenols is 1. The zero-order chi connectivity index (χ0) is 20.3. The Morgan fingerprint density at radius 2 is 2.07 bits per heavy atom. The molecule has 1 atom stereocenters. The van der Waals surface area contributed by atoms with Crippen LogP contribution in [0.15, 0.2) is 35.7 Å². The predicted octanol–water partition coefficient (Wildman–Crippen LogP) is 4.38. The van der Waals surface area contributed by atoms with E-state index in [4.69, 9.17) is 11.6 Å². The first-order valence-electron chi connectivity index (χ1n) is 9.05. The number of benzene rings is 1. The first kappa shape index (κ1) is 20.4. The molecule has 0 saturated heterocycles. The molecule has 28 heavy (non-hydrogen) atoms. The molecule has 1 aliphatic carbocycles. The largest absolute Gasteiger partial charge is 0.508 e. The fraction of sp³-hybridized carbons (Fsp3) is 0.350. The molecule has 1 heterocycles. The molecule has 3 rings (SSSR count). The van der Waals surface area contributed by atoms with E-state index in [1.807, 2.05) is 6.92 Å². The van der Waals surface area contributed by atoms with Crippen molar-refractivity contribution in [2.45, 2.75) is 39.0 Å². The molecule has 2 aromatic rings. The maximum absolute atomic E-state index is 12.5. The summed E-state index contributed by atoms with van der Waals surface area (Å²) in [4.78, 5) is 29.2. The number of thiazole rings is 1. The summed E-state index contributed by atoms with van der Waals surface area (Å²) >= 11 is 7.61. The number of aromatic hydroxyl groups is 1. The highest BCUT2D eigenvalue weighted by molar-refractivity contribution is 7.15. The number of carboxylic acid groups (broad SMARTS) is 1. The van der Waals surface area contributed by atoms with Gasteiger partial charge in [0.25, 0.3) is 0 Å². The second-order valence-corrected chi connectivity index (χ2v) is 8.38. The van der Waals surface area contributed by atoms with Crippen molar-refractivity contribution in [1.82, 2.24) is 10.3 Å². The zero-order valence-electron chi connectivity index (χ0n) is 15.4. The van der Waals surface area contributed by atoms with Gasteiger partial charge in [-0.25, -0.2) is 9.78 Å². The number of nitrogens with one attached hydrogen (secondary N) is 1. The van der Waals surface area contributed by atoms with Gasteiger partial charge in [0, 0.05) is 28.3 Å². The van der Waals surface area contributed by atoms with Gasteiger partial charge in [0.1, 0.15) is 10.8 Å². The number of carbonyl (C=O) groups is 2. The monoisotopic (exact) mass is 420 g/mol. The number of aromatic nitrogens is 1. The fourth-order valence-electron chi connectivity index (χ4n) is 3.15. The van der Waals surface area contributed by atoms with Crippen LogP contribution in [0.5, 0.6) is 5.75 Å². The molecule has 0 bridgehead atoms. The van der Waals surface area contributed by atoms with Crippen LogP contribution >= 0.6 is 22.9 Å². The maximum atomic E-state index is 12.5. The zero-order valence-corrected chi connectivity index (χ0v) is 16.9. The SMILES string of the molecule is CC(Cc1cnc(-c2ccc(O)cc2Cl)s1)C(=O)NC1=C(C(=O)O)CCCC1. The van der Waals surface area contributed by atoms with Gasteiger partial charge < -0.3 is 15.5 Å². The van der Waals surface area contributed by atoms with Crippen LogP contribution in [-0.4, -0.2) is 27.1 Å². The van der Waals surface area contributed by atoms with Crippen molar-refractivity contribution in [1.29, 1.82) is 0 Å². The highest BCUT2D eigenvalue weighted by Gasteiger charge is 2.23. The van der Waals surface area contributed by atoms with Crippen molar-refractivity contribution >= 4 is 34.8 Å². The number of halogens is 1. The standard InChI is InChI=1S/C20H21ClN2O4S/c1-11(18(25)23-17-5-3-2-4-15(17)20(26)27)8-13-10-22-19(28-13)14-7-6-12(24)9-16(14)21/h6-7,9-11,24H,2-5,8H2,1H3,(H,23,25)(H,26,27). The van der Waals surface area contributed by atoms with Gasteiger partial charge in [-0.15, -0.1) is 11.3 Å². The van der Waals surface area contributed by atoms with Gasteiger partial charge in [-0.2, -0.15) is 0 Å². The first-order valence-corrected chi connectivity index (χ1v) is 10.2. The van der Waals surface area contributed by atoms with Crippen LogP contribution in [0.25, 0.3) is 10.6 Å². The van der Waals surface area contributed by atoms with Gasteiger partial charge in [-0.1, -0.05) is 18.5 Å². The van der Waals surface area contributed by atoms with Gasteiger partial charge >= 0.3 is 5.97 Å². The van der Waals surface area contributed by atoms with Gasteiger partial charge in [-0.05, 0) is 50.3 Å². The molecule has 8 heteroatoms. The summed E-state index contributed by atoms with van der Waals surface area (Å²) in [5.41, 5.74) is 1.58. The van der Waals surface area contributed by atoms with E-state index < -0.39 is 5.97 Å². The third-order valence-electron chi connectivity index (χ3n) is 4.69. The number of hydrogen-bond acceptors (Lipinski definition) is 5. The summed E-state index contributed by atoms with van der Waals surface area (Å²) < 4.78 is 0. The Bertz CT molecular complexity index is 938. The molecular formula is C20H21ClN2O4S. The Morgan fingerprint density at radius 1 is 1.32 bits per heavy atom. The summed E-state index contributed by atoms with van der Waals surface area (Å²) in [6, 6.07) is 4.72. The molecule has 1 amide bonds. The third-order valence-corrected chi connectivity index (χ3v) is 6.06. The fourth-order valence-corrected chi connectivity index (χ4v) is 4.55. The number of nitrogens with zero attached hydrogens (tertiary/aromatic N) is 1. The normalized spacial score (nSPS) is 15.4. The van der Waals surface area contributed by atoms with Crippen molar-refractivity contribution in [3.05, 3.63) is 45.6 Å².